The van der Waals surface area contributed by atoms with E-state index < -0.39 is 7.82 Å². The van der Waals surface area contributed by atoms with Gasteiger partial charge in [-0.1, -0.05) is 119 Å². The molecule has 0 aromatic carbocycles. The number of quaternary nitrogens is 2. The van der Waals surface area contributed by atoms with Crippen molar-refractivity contribution in [3.05, 3.63) is 0 Å². The summed E-state index contributed by atoms with van der Waals surface area (Å²) >= 11 is 0. The Hall–Kier alpha value is 0.0300. The van der Waals surface area contributed by atoms with Crippen LogP contribution in [-0.2, 0) is 4.57 Å². The number of nitrogens with zero attached hydrogens (tertiary/aromatic N) is 2. The predicted octanol–water partition coefficient (Wildman–Crippen LogP) is 10.2. The van der Waals surface area contributed by atoms with E-state index in [9.17, 15) is 0 Å². The first-order chi connectivity index (χ1) is 21.4. The Bertz CT molecular complexity index is 502. The molecule has 6 nitrogen and oxygen atoms in total. The fourth-order valence-corrected chi connectivity index (χ4v) is 6.19. The molecule has 0 saturated heterocycles. The van der Waals surface area contributed by atoms with E-state index in [1.54, 1.807) is 0 Å². The van der Waals surface area contributed by atoms with Crippen LogP contribution in [0.1, 0.15) is 196 Å². The monoisotopic (exact) mass is 665 g/mol. The highest BCUT2D eigenvalue weighted by Crippen LogP contribution is 2.16. The highest BCUT2D eigenvalue weighted by Gasteiger charge is 2.21. The minimum atomic E-state index is -5.14. The molecule has 0 aliphatic rings. The van der Waals surface area contributed by atoms with Crippen LogP contribution in [-0.4, -0.2) is 67.2 Å². The zero-order valence-corrected chi connectivity index (χ0v) is 33.1. The van der Waals surface area contributed by atoms with Crippen LogP contribution in [0.25, 0.3) is 0 Å². The lowest BCUT2D eigenvalue weighted by molar-refractivity contribution is -0.910. The molecule has 0 rings (SSSR count). The maximum Gasteiger partial charge on any atom is 0.0784 e. The quantitative estimate of drug-likeness (QED) is 0.0471. The summed E-state index contributed by atoms with van der Waals surface area (Å²) in [5.74, 6) is 0. The molecule has 0 aromatic rings. The average molecular weight is 665 g/mol. The third-order valence-corrected chi connectivity index (χ3v) is 9.31. The first kappa shape index (κ1) is 49.4. The molecule has 45 heavy (non-hydrogen) atoms. The molecule has 0 aliphatic carbocycles. The molecule has 0 atom stereocenters. The third-order valence-electron chi connectivity index (χ3n) is 9.31. The van der Waals surface area contributed by atoms with E-state index in [1.165, 1.54) is 202 Å². The fourth-order valence-electron chi connectivity index (χ4n) is 6.19. The molecule has 0 radical (unpaired) electrons. The molecule has 0 aromatic heterocycles. The normalized spacial score (nSPS) is 12.0. The smallest absolute Gasteiger partial charge is 0.0784 e. The first-order valence-corrected chi connectivity index (χ1v) is 21.3. The van der Waals surface area contributed by atoms with Gasteiger partial charge in [-0.2, -0.15) is 0 Å². The van der Waals surface area contributed by atoms with Crippen molar-refractivity contribution in [2.75, 3.05) is 53.4 Å². The SMILES string of the molecule is CCCCCC[N+](C)(CCCCCC)CCCCCC.CCCCCC[N+](C)(CCCCCC)CCCCCC.O=P([O-])([O-])O. The highest BCUT2D eigenvalue weighted by atomic mass is 31.2. The molecule has 0 aliphatic heterocycles. The molecular formula is C38H85N2O4P. The van der Waals surface area contributed by atoms with Gasteiger partial charge in [0.05, 0.1) is 61.2 Å². The van der Waals surface area contributed by atoms with Crippen LogP contribution in [0.2, 0.25) is 0 Å². The largest absolute Gasteiger partial charge is 0.790 e. The summed E-state index contributed by atoms with van der Waals surface area (Å²) in [6, 6.07) is 0. The van der Waals surface area contributed by atoms with E-state index >= 15 is 0 Å². The Morgan fingerprint density at radius 3 is 0.622 bits per heavy atom. The van der Waals surface area contributed by atoms with Gasteiger partial charge >= 0.3 is 0 Å². The molecule has 0 unspecified atom stereocenters. The molecule has 276 valence electrons. The van der Waals surface area contributed by atoms with Crippen molar-refractivity contribution in [3.8, 4) is 0 Å². The van der Waals surface area contributed by atoms with Crippen LogP contribution in [0, 0.1) is 0 Å². The Kier molecular flexibility index (Phi) is 38.8. The summed E-state index contributed by atoms with van der Waals surface area (Å²) < 4.78 is 11.3. The van der Waals surface area contributed by atoms with Crippen LogP contribution >= 0.6 is 7.82 Å². The van der Waals surface area contributed by atoms with E-state index in [0.29, 0.717) is 0 Å². The van der Waals surface area contributed by atoms with Crippen molar-refractivity contribution in [2.45, 2.75) is 196 Å². The molecule has 0 spiro atoms. The van der Waals surface area contributed by atoms with Crippen LogP contribution in [0.3, 0.4) is 0 Å². The number of hydrogen-bond acceptors (Lipinski definition) is 3. The minimum absolute atomic E-state index is 1.34. The lowest BCUT2D eigenvalue weighted by atomic mass is 10.1. The van der Waals surface area contributed by atoms with Crippen molar-refractivity contribution in [1.29, 1.82) is 0 Å². The summed E-state index contributed by atoms with van der Waals surface area (Å²) in [4.78, 5) is 24.3. The van der Waals surface area contributed by atoms with E-state index in [2.05, 4.69) is 55.6 Å². The molecule has 0 heterocycles. The average Bonchev–Trinajstić information content (AvgIpc) is 2.98. The summed E-state index contributed by atoms with van der Waals surface area (Å²) in [6.07, 6.45) is 33.9. The van der Waals surface area contributed by atoms with Gasteiger partial charge in [0.2, 0.25) is 0 Å². The van der Waals surface area contributed by atoms with Crippen molar-refractivity contribution in [1.82, 2.24) is 0 Å². The molecule has 1 N–H and O–H groups in total. The first-order valence-electron chi connectivity index (χ1n) is 19.8. The summed E-state index contributed by atoms with van der Waals surface area (Å²) in [5, 5.41) is 0. The second-order valence-electron chi connectivity index (χ2n) is 14.4. The molecular weight excluding hydrogens is 579 g/mol. The molecule has 0 amide bonds. The zero-order valence-electron chi connectivity index (χ0n) is 32.2. The highest BCUT2D eigenvalue weighted by molar-refractivity contribution is 7.42. The maximum atomic E-state index is 8.66. The van der Waals surface area contributed by atoms with Gasteiger partial charge in [-0.15, -0.1) is 0 Å². The molecule has 0 fully saturated rings. The van der Waals surface area contributed by atoms with Crippen molar-refractivity contribution in [2.24, 2.45) is 0 Å². The second-order valence-corrected chi connectivity index (χ2v) is 15.4. The van der Waals surface area contributed by atoms with E-state index in [1.807, 2.05) is 0 Å². The van der Waals surface area contributed by atoms with Gasteiger partial charge in [-0.3, -0.25) is 0 Å². The minimum Gasteiger partial charge on any atom is -0.790 e. The molecule has 0 bridgehead atoms. The Morgan fingerprint density at radius 2 is 0.511 bits per heavy atom. The Balaban J connectivity index is -0.000000680. The lowest BCUT2D eigenvalue weighted by Crippen LogP contribution is -2.46. The van der Waals surface area contributed by atoms with Gasteiger partial charge in [-0.25, -0.2) is 0 Å². The number of rotatable bonds is 30. The summed E-state index contributed by atoms with van der Waals surface area (Å²) in [7, 11) is -0.103. The van der Waals surface area contributed by atoms with Gasteiger partial charge in [0.1, 0.15) is 0 Å². The predicted molar refractivity (Wildman–Crippen MR) is 196 cm³/mol. The van der Waals surface area contributed by atoms with Crippen molar-refractivity contribution >= 4 is 7.82 Å². The van der Waals surface area contributed by atoms with E-state index in [4.69, 9.17) is 19.2 Å². The van der Waals surface area contributed by atoms with Crippen LogP contribution < -0.4 is 9.79 Å². The summed E-state index contributed by atoms with van der Waals surface area (Å²) in [5.41, 5.74) is 0. The molecule has 0 saturated carbocycles. The van der Waals surface area contributed by atoms with E-state index in [0.717, 1.165) is 0 Å². The number of unbranched alkanes of at least 4 members (excludes halogenated alkanes) is 18. The fraction of sp³-hybridized carbons (Fsp3) is 1.00. The molecule has 7 heteroatoms. The van der Waals surface area contributed by atoms with Crippen molar-refractivity contribution < 1.29 is 28.2 Å². The van der Waals surface area contributed by atoms with Crippen LogP contribution in [0.4, 0.5) is 0 Å². The zero-order chi connectivity index (χ0) is 34.7. The topological polar surface area (TPSA) is 83.4 Å². The van der Waals surface area contributed by atoms with Gasteiger partial charge in [0.15, 0.2) is 0 Å². The summed E-state index contributed by atoms with van der Waals surface area (Å²) in [6.45, 7) is 22.3. The van der Waals surface area contributed by atoms with Gasteiger partial charge in [-0.05, 0) is 77.0 Å². The van der Waals surface area contributed by atoms with Crippen LogP contribution in [0.15, 0.2) is 0 Å². The standard InChI is InChI=1S/2C19H42N.H3O4P/c2*1-5-8-11-14-17-20(4,18-15-12-9-6-2)19-16-13-10-7-3;1-5(2,3)4/h2*5-19H2,1-4H3;(H3,1,2,3,4)/q2*+1;/p-2. The number of hydrogen-bond donors (Lipinski definition) is 1. The Labute approximate surface area is 284 Å². The van der Waals surface area contributed by atoms with Crippen molar-refractivity contribution in [3.63, 3.8) is 0 Å². The Morgan fingerprint density at radius 1 is 0.378 bits per heavy atom. The van der Waals surface area contributed by atoms with E-state index in [-0.39, 0.29) is 0 Å². The van der Waals surface area contributed by atoms with Gasteiger partial charge in [0.25, 0.3) is 0 Å². The lowest BCUT2D eigenvalue weighted by Gasteiger charge is -2.35. The van der Waals surface area contributed by atoms with Gasteiger partial charge < -0.3 is 28.2 Å². The maximum absolute atomic E-state index is 8.66. The van der Waals surface area contributed by atoms with Gasteiger partial charge in [0, 0.05) is 0 Å². The number of phosphoric acid groups is 1. The third kappa shape index (κ3) is 44.0. The van der Waals surface area contributed by atoms with Crippen LogP contribution in [0.5, 0.6) is 0 Å². The second kappa shape index (κ2) is 35.3.